The zero-order chi connectivity index (χ0) is 16.3. The number of rotatable bonds is 5. The predicted molar refractivity (Wildman–Crippen MR) is 84.2 cm³/mol. The molecule has 8 heteroatoms. The van der Waals surface area contributed by atoms with Gasteiger partial charge in [-0.1, -0.05) is 0 Å². The van der Waals surface area contributed by atoms with Gasteiger partial charge in [-0.2, -0.15) is 5.10 Å². The minimum atomic E-state index is -3.37. The molecule has 1 aromatic rings. The SMILES string of the molecule is CCNc1cc2c(nn1)CCN(C(=O)CS(=O)(=O)C(C)C)C2. The molecule has 1 aliphatic heterocycles. The van der Waals surface area contributed by atoms with Crippen molar-refractivity contribution in [3.05, 3.63) is 17.3 Å². The molecule has 1 N–H and O–H groups in total. The lowest BCUT2D eigenvalue weighted by molar-refractivity contribution is -0.129. The van der Waals surface area contributed by atoms with E-state index in [2.05, 4.69) is 15.5 Å². The van der Waals surface area contributed by atoms with Gasteiger partial charge in [0, 0.05) is 26.1 Å². The molecule has 0 saturated carbocycles. The molecule has 0 aliphatic carbocycles. The Hall–Kier alpha value is -1.70. The number of carbonyl (C=O) groups excluding carboxylic acids is 1. The van der Waals surface area contributed by atoms with Crippen molar-refractivity contribution >= 4 is 21.6 Å². The molecule has 2 rings (SSSR count). The highest BCUT2D eigenvalue weighted by Crippen LogP contribution is 2.19. The monoisotopic (exact) mass is 326 g/mol. The Morgan fingerprint density at radius 2 is 2.14 bits per heavy atom. The van der Waals surface area contributed by atoms with Crippen LogP contribution in [-0.4, -0.2) is 53.5 Å². The summed E-state index contributed by atoms with van der Waals surface area (Å²) in [5.41, 5.74) is 1.80. The maximum absolute atomic E-state index is 12.2. The summed E-state index contributed by atoms with van der Waals surface area (Å²) in [6.45, 7) is 6.75. The molecule has 0 bridgehead atoms. The highest BCUT2D eigenvalue weighted by molar-refractivity contribution is 7.92. The summed E-state index contributed by atoms with van der Waals surface area (Å²) < 4.78 is 23.8. The quantitative estimate of drug-likeness (QED) is 0.852. The van der Waals surface area contributed by atoms with Crippen molar-refractivity contribution in [2.24, 2.45) is 0 Å². The van der Waals surface area contributed by atoms with E-state index in [1.807, 2.05) is 13.0 Å². The largest absolute Gasteiger partial charge is 0.369 e. The molecule has 0 atom stereocenters. The van der Waals surface area contributed by atoms with Gasteiger partial charge in [0.2, 0.25) is 5.91 Å². The Labute approximate surface area is 131 Å². The molecule has 0 fully saturated rings. The first kappa shape index (κ1) is 16.7. The van der Waals surface area contributed by atoms with E-state index in [1.54, 1.807) is 18.7 Å². The van der Waals surface area contributed by atoms with Crippen molar-refractivity contribution in [3.8, 4) is 0 Å². The molecule has 1 aromatic heterocycles. The molecule has 122 valence electrons. The van der Waals surface area contributed by atoms with Crippen molar-refractivity contribution in [3.63, 3.8) is 0 Å². The Kier molecular flexibility index (Phi) is 5.00. The summed E-state index contributed by atoms with van der Waals surface area (Å²) in [5.74, 6) is -0.106. The fourth-order valence-electron chi connectivity index (χ4n) is 2.24. The maximum atomic E-state index is 12.2. The highest BCUT2D eigenvalue weighted by Gasteiger charge is 2.27. The second kappa shape index (κ2) is 6.60. The van der Waals surface area contributed by atoms with Crippen molar-refractivity contribution in [2.45, 2.75) is 39.0 Å². The van der Waals surface area contributed by atoms with Gasteiger partial charge in [0.15, 0.2) is 9.84 Å². The summed E-state index contributed by atoms with van der Waals surface area (Å²) in [6.07, 6.45) is 0.599. The lowest BCUT2D eigenvalue weighted by Crippen LogP contribution is -2.40. The number of sulfone groups is 1. The summed E-state index contributed by atoms with van der Waals surface area (Å²) >= 11 is 0. The van der Waals surface area contributed by atoms with Crippen LogP contribution in [0.4, 0.5) is 5.82 Å². The van der Waals surface area contributed by atoms with Crippen LogP contribution in [0.2, 0.25) is 0 Å². The highest BCUT2D eigenvalue weighted by atomic mass is 32.2. The summed E-state index contributed by atoms with van der Waals surface area (Å²) in [4.78, 5) is 13.8. The van der Waals surface area contributed by atoms with Crippen LogP contribution in [0.5, 0.6) is 0 Å². The third-order valence-electron chi connectivity index (χ3n) is 3.69. The lowest BCUT2D eigenvalue weighted by Gasteiger charge is -2.28. The predicted octanol–water partition coefficient (Wildman–Crippen LogP) is 0.616. The Morgan fingerprint density at radius 3 is 2.77 bits per heavy atom. The number of nitrogens with zero attached hydrogens (tertiary/aromatic N) is 3. The second-order valence-corrected chi connectivity index (χ2v) is 8.21. The van der Waals surface area contributed by atoms with E-state index in [-0.39, 0.29) is 5.91 Å². The van der Waals surface area contributed by atoms with Crippen LogP contribution in [0.25, 0.3) is 0 Å². The van der Waals surface area contributed by atoms with Gasteiger partial charge in [-0.3, -0.25) is 4.79 Å². The minimum absolute atomic E-state index is 0.346. The molecule has 0 saturated heterocycles. The maximum Gasteiger partial charge on any atom is 0.238 e. The number of hydrogen-bond acceptors (Lipinski definition) is 6. The van der Waals surface area contributed by atoms with E-state index in [1.165, 1.54) is 0 Å². The Morgan fingerprint density at radius 1 is 1.41 bits per heavy atom. The third-order valence-corrected chi connectivity index (χ3v) is 5.78. The number of carbonyl (C=O) groups is 1. The molecule has 1 aliphatic rings. The van der Waals surface area contributed by atoms with Gasteiger partial charge in [-0.15, -0.1) is 5.10 Å². The van der Waals surface area contributed by atoms with E-state index in [0.717, 1.165) is 17.8 Å². The van der Waals surface area contributed by atoms with Gasteiger partial charge in [0.25, 0.3) is 0 Å². The molecule has 22 heavy (non-hydrogen) atoms. The number of fused-ring (bicyclic) bond motifs is 1. The minimum Gasteiger partial charge on any atom is -0.369 e. The average Bonchev–Trinajstić information content (AvgIpc) is 2.46. The fourth-order valence-corrected chi connectivity index (χ4v) is 3.10. The number of hydrogen-bond donors (Lipinski definition) is 1. The molecule has 0 radical (unpaired) electrons. The number of anilines is 1. The first-order valence-electron chi connectivity index (χ1n) is 7.42. The lowest BCUT2D eigenvalue weighted by atomic mass is 10.1. The van der Waals surface area contributed by atoms with Crippen molar-refractivity contribution in [1.82, 2.24) is 15.1 Å². The first-order valence-corrected chi connectivity index (χ1v) is 9.13. The van der Waals surface area contributed by atoms with Gasteiger partial charge in [0.05, 0.1) is 10.9 Å². The molecular formula is C14H22N4O3S. The molecule has 1 amide bonds. The summed E-state index contributed by atoms with van der Waals surface area (Å²) in [5, 5.41) is 10.8. The fraction of sp³-hybridized carbons (Fsp3) is 0.643. The van der Waals surface area contributed by atoms with Gasteiger partial charge < -0.3 is 10.2 Å². The topological polar surface area (TPSA) is 92.3 Å². The Bertz CT molecular complexity index is 658. The number of amides is 1. The van der Waals surface area contributed by atoms with E-state index in [0.29, 0.717) is 25.3 Å². The van der Waals surface area contributed by atoms with E-state index in [9.17, 15) is 13.2 Å². The van der Waals surface area contributed by atoms with Gasteiger partial charge in [-0.05, 0) is 32.4 Å². The third kappa shape index (κ3) is 3.73. The number of aromatic nitrogens is 2. The van der Waals surface area contributed by atoms with Crippen molar-refractivity contribution in [2.75, 3.05) is 24.2 Å². The molecule has 0 spiro atoms. The first-order chi connectivity index (χ1) is 10.3. The van der Waals surface area contributed by atoms with Crippen LogP contribution in [0.15, 0.2) is 6.07 Å². The molecule has 0 unspecified atom stereocenters. The van der Waals surface area contributed by atoms with Crippen LogP contribution in [0.3, 0.4) is 0 Å². The zero-order valence-electron chi connectivity index (χ0n) is 13.2. The van der Waals surface area contributed by atoms with E-state index in [4.69, 9.17) is 0 Å². The normalized spacial score (nSPS) is 14.8. The van der Waals surface area contributed by atoms with Crippen LogP contribution in [0, 0.1) is 0 Å². The van der Waals surface area contributed by atoms with Gasteiger partial charge >= 0.3 is 0 Å². The van der Waals surface area contributed by atoms with E-state index < -0.39 is 20.8 Å². The van der Waals surface area contributed by atoms with E-state index >= 15 is 0 Å². The summed E-state index contributed by atoms with van der Waals surface area (Å²) in [6, 6.07) is 1.88. The van der Waals surface area contributed by atoms with Crippen LogP contribution in [-0.2, 0) is 27.6 Å². The van der Waals surface area contributed by atoms with Crippen LogP contribution >= 0.6 is 0 Å². The zero-order valence-corrected chi connectivity index (χ0v) is 14.0. The standard InChI is InChI=1S/C14H22N4O3S/c1-4-15-13-7-11-8-18(6-5-12(11)16-17-13)14(19)9-22(20,21)10(2)3/h7,10H,4-6,8-9H2,1-3H3,(H,15,17). The second-order valence-electron chi connectivity index (χ2n) is 5.65. The van der Waals surface area contributed by atoms with Gasteiger partial charge in [0.1, 0.15) is 11.6 Å². The molecule has 0 aromatic carbocycles. The Balaban J connectivity index is 2.11. The van der Waals surface area contributed by atoms with Crippen molar-refractivity contribution in [1.29, 1.82) is 0 Å². The molecule has 2 heterocycles. The number of nitrogens with one attached hydrogen (secondary N) is 1. The smallest absolute Gasteiger partial charge is 0.238 e. The summed E-state index contributed by atoms with van der Waals surface area (Å²) in [7, 11) is -3.37. The van der Waals surface area contributed by atoms with Gasteiger partial charge in [-0.25, -0.2) is 8.42 Å². The van der Waals surface area contributed by atoms with Crippen molar-refractivity contribution < 1.29 is 13.2 Å². The molecular weight excluding hydrogens is 304 g/mol. The van der Waals surface area contributed by atoms with Crippen LogP contribution < -0.4 is 5.32 Å². The average molecular weight is 326 g/mol. The molecule has 7 nitrogen and oxygen atoms in total. The van der Waals surface area contributed by atoms with Crippen LogP contribution in [0.1, 0.15) is 32.0 Å².